The van der Waals surface area contributed by atoms with Crippen LogP contribution in [-0.4, -0.2) is 49.4 Å². The number of benzene rings is 1. The van der Waals surface area contributed by atoms with E-state index in [1.165, 1.54) is 0 Å². The van der Waals surface area contributed by atoms with E-state index in [-0.39, 0.29) is 11.8 Å². The smallest absolute Gasteiger partial charge is 0.253 e. The summed E-state index contributed by atoms with van der Waals surface area (Å²) in [5.74, 6) is -0.147. The molecule has 0 saturated carbocycles. The fourth-order valence-corrected chi connectivity index (χ4v) is 2.37. The lowest BCUT2D eigenvalue weighted by atomic mass is 10.1. The maximum Gasteiger partial charge on any atom is 0.253 e. The molecule has 2 N–H and O–H groups in total. The van der Waals surface area contributed by atoms with Crippen molar-refractivity contribution in [1.82, 2.24) is 15.5 Å². The zero-order valence-corrected chi connectivity index (χ0v) is 14.5. The molecule has 1 aromatic rings. The number of hydrogen-bond donors (Lipinski definition) is 2. The zero-order valence-electron chi connectivity index (χ0n) is 14.5. The van der Waals surface area contributed by atoms with Crippen LogP contribution in [0, 0.1) is 0 Å². The third kappa shape index (κ3) is 6.40. The van der Waals surface area contributed by atoms with Crippen molar-refractivity contribution in [2.75, 3.05) is 32.7 Å². The average Bonchev–Trinajstić information content (AvgIpc) is 2.58. The number of nitrogens with zero attached hydrogens (tertiary/aromatic N) is 1. The molecule has 1 rings (SSSR count). The van der Waals surface area contributed by atoms with Crippen LogP contribution in [0.2, 0.25) is 0 Å². The van der Waals surface area contributed by atoms with Crippen LogP contribution in [0.25, 0.3) is 0 Å². The fourth-order valence-electron chi connectivity index (χ4n) is 2.37. The van der Waals surface area contributed by atoms with Crippen molar-refractivity contribution in [2.45, 2.75) is 33.6 Å². The summed E-state index contributed by atoms with van der Waals surface area (Å²) in [5, 5.41) is 6.01. The molecule has 1 aromatic carbocycles. The first-order valence-corrected chi connectivity index (χ1v) is 8.52. The van der Waals surface area contributed by atoms with Crippen LogP contribution < -0.4 is 10.6 Å². The van der Waals surface area contributed by atoms with Crippen molar-refractivity contribution in [2.24, 2.45) is 0 Å². The van der Waals surface area contributed by atoms with Gasteiger partial charge in [-0.2, -0.15) is 0 Å². The topological polar surface area (TPSA) is 61.4 Å². The van der Waals surface area contributed by atoms with Gasteiger partial charge in [-0.1, -0.05) is 26.8 Å². The Hall–Kier alpha value is -1.88. The van der Waals surface area contributed by atoms with E-state index in [0.29, 0.717) is 17.7 Å². The van der Waals surface area contributed by atoms with Gasteiger partial charge in [0, 0.05) is 37.3 Å². The monoisotopic (exact) mass is 319 g/mol. The molecule has 0 heterocycles. The molecule has 23 heavy (non-hydrogen) atoms. The number of hydrogen-bond acceptors (Lipinski definition) is 3. The lowest BCUT2D eigenvalue weighted by Gasteiger charge is -2.21. The highest BCUT2D eigenvalue weighted by atomic mass is 16.2. The number of carbonyl (C=O) groups is 2. The number of likely N-dealkylation sites (N-methyl/N-ethyl adjacent to an activating group) is 1. The van der Waals surface area contributed by atoms with Gasteiger partial charge in [0.2, 0.25) is 0 Å². The second-order valence-electron chi connectivity index (χ2n) is 5.48. The Kier molecular flexibility index (Phi) is 8.98. The van der Waals surface area contributed by atoms with Crippen LogP contribution in [0.5, 0.6) is 0 Å². The van der Waals surface area contributed by atoms with Crippen molar-refractivity contribution < 1.29 is 9.59 Å². The van der Waals surface area contributed by atoms with Gasteiger partial charge in [0.1, 0.15) is 0 Å². The highest BCUT2D eigenvalue weighted by molar-refractivity contribution is 5.99. The Morgan fingerprint density at radius 3 is 2.26 bits per heavy atom. The maximum atomic E-state index is 12.6. The van der Waals surface area contributed by atoms with Crippen LogP contribution in [0.1, 0.15) is 54.3 Å². The predicted molar refractivity (Wildman–Crippen MR) is 93.8 cm³/mol. The summed E-state index contributed by atoms with van der Waals surface area (Å²) in [6.07, 6.45) is 1.85. The molecule has 0 radical (unpaired) electrons. The van der Waals surface area contributed by atoms with Crippen molar-refractivity contribution in [3.8, 4) is 0 Å². The molecule has 0 aliphatic heterocycles. The minimum Gasteiger partial charge on any atom is -0.351 e. The molecule has 0 spiro atoms. The Balaban J connectivity index is 2.74. The van der Waals surface area contributed by atoms with E-state index < -0.39 is 0 Å². The van der Waals surface area contributed by atoms with Gasteiger partial charge in [-0.05, 0) is 37.6 Å². The van der Waals surface area contributed by atoms with Gasteiger partial charge in [0.15, 0.2) is 0 Å². The standard InChI is InChI=1S/C18H29N3O2/c1-4-12-21(13-5-2)18(23)16-9-7-8-15(14-16)17(22)20-11-10-19-6-3/h7-9,14,19H,4-6,10-13H2,1-3H3,(H,20,22). The summed E-state index contributed by atoms with van der Waals surface area (Å²) < 4.78 is 0. The Morgan fingerprint density at radius 1 is 1.00 bits per heavy atom. The summed E-state index contributed by atoms with van der Waals surface area (Å²) in [4.78, 5) is 26.6. The van der Waals surface area contributed by atoms with E-state index in [1.54, 1.807) is 24.3 Å². The molecular formula is C18H29N3O2. The molecule has 0 bridgehead atoms. The highest BCUT2D eigenvalue weighted by Crippen LogP contribution is 2.10. The van der Waals surface area contributed by atoms with Crippen LogP contribution in [-0.2, 0) is 0 Å². The molecule has 0 aliphatic rings. The van der Waals surface area contributed by atoms with Gasteiger partial charge in [-0.25, -0.2) is 0 Å². The number of amides is 2. The van der Waals surface area contributed by atoms with Crippen LogP contribution in [0.3, 0.4) is 0 Å². The highest BCUT2D eigenvalue weighted by Gasteiger charge is 2.15. The predicted octanol–water partition coefficient (Wildman–Crippen LogP) is 2.29. The molecular weight excluding hydrogens is 290 g/mol. The third-order valence-corrected chi connectivity index (χ3v) is 3.48. The van der Waals surface area contributed by atoms with Gasteiger partial charge in [0.25, 0.3) is 11.8 Å². The zero-order chi connectivity index (χ0) is 17.1. The summed E-state index contributed by atoms with van der Waals surface area (Å²) in [5.41, 5.74) is 1.10. The summed E-state index contributed by atoms with van der Waals surface area (Å²) in [7, 11) is 0. The van der Waals surface area contributed by atoms with Gasteiger partial charge < -0.3 is 15.5 Å². The SMILES string of the molecule is CCCN(CCC)C(=O)c1cccc(C(=O)NCCNCC)c1. The molecule has 128 valence electrons. The fraction of sp³-hybridized carbons (Fsp3) is 0.556. The van der Waals surface area contributed by atoms with E-state index >= 15 is 0 Å². The molecule has 0 aromatic heterocycles. The molecule has 5 nitrogen and oxygen atoms in total. The van der Waals surface area contributed by atoms with Crippen LogP contribution in [0.4, 0.5) is 0 Å². The van der Waals surface area contributed by atoms with Crippen molar-refractivity contribution >= 4 is 11.8 Å². The van der Waals surface area contributed by atoms with E-state index in [2.05, 4.69) is 24.5 Å². The summed E-state index contributed by atoms with van der Waals surface area (Å²) in [6.45, 7) is 9.82. The second-order valence-corrected chi connectivity index (χ2v) is 5.48. The Labute approximate surface area is 139 Å². The first-order valence-electron chi connectivity index (χ1n) is 8.52. The van der Waals surface area contributed by atoms with E-state index in [0.717, 1.165) is 39.0 Å². The summed E-state index contributed by atoms with van der Waals surface area (Å²) >= 11 is 0. The quantitative estimate of drug-likeness (QED) is 0.651. The van der Waals surface area contributed by atoms with Crippen molar-refractivity contribution in [3.05, 3.63) is 35.4 Å². The van der Waals surface area contributed by atoms with Crippen LogP contribution >= 0.6 is 0 Å². The first-order chi connectivity index (χ1) is 11.1. The van der Waals surface area contributed by atoms with Crippen molar-refractivity contribution in [1.29, 1.82) is 0 Å². The van der Waals surface area contributed by atoms with Gasteiger partial charge >= 0.3 is 0 Å². The minimum absolute atomic E-state index is 0.00370. The van der Waals surface area contributed by atoms with E-state index in [9.17, 15) is 9.59 Å². The molecule has 0 unspecified atom stereocenters. The first kappa shape index (κ1) is 19.2. The third-order valence-electron chi connectivity index (χ3n) is 3.48. The molecule has 0 saturated heterocycles. The maximum absolute atomic E-state index is 12.6. The average molecular weight is 319 g/mol. The molecule has 5 heteroatoms. The normalized spacial score (nSPS) is 10.4. The Bertz CT molecular complexity index is 497. The minimum atomic E-state index is -0.143. The lowest BCUT2D eigenvalue weighted by molar-refractivity contribution is 0.0755. The summed E-state index contributed by atoms with van der Waals surface area (Å²) in [6, 6.07) is 6.96. The second kappa shape index (κ2) is 10.8. The van der Waals surface area contributed by atoms with Gasteiger partial charge in [-0.15, -0.1) is 0 Å². The van der Waals surface area contributed by atoms with Crippen molar-refractivity contribution in [3.63, 3.8) is 0 Å². The molecule has 2 amide bonds. The largest absolute Gasteiger partial charge is 0.351 e. The van der Waals surface area contributed by atoms with E-state index in [1.807, 2.05) is 11.8 Å². The Morgan fingerprint density at radius 2 is 1.65 bits per heavy atom. The van der Waals surface area contributed by atoms with Gasteiger partial charge in [-0.3, -0.25) is 9.59 Å². The molecule has 0 aliphatic carbocycles. The van der Waals surface area contributed by atoms with Crippen LogP contribution in [0.15, 0.2) is 24.3 Å². The number of nitrogens with one attached hydrogen (secondary N) is 2. The van der Waals surface area contributed by atoms with Gasteiger partial charge in [0.05, 0.1) is 0 Å². The lowest BCUT2D eigenvalue weighted by Crippen LogP contribution is -2.33. The molecule has 0 fully saturated rings. The van der Waals surface area contributed by atoms with E-state index in [4.69, 9.17) is 0 Å². The number of rotatable bonds is 10. The molecule has 0 atom stereocenters. The number of carbonyl (C=O) groups excluding carboxylic acids is 2.